The van der Waals surface area contributed by atoms with Crippen molar-refractivity contribution in [1.29, 1.82) is 0 Å². The van der Waals surface area contributed by atoms with Gasteiger partial charge in [-0.25, -0.2) is 4.39 Å². The van der Waals surface area contributed by atoms with Gasteiger partial charge < -0.3 is 15.1 Å². The lowest BCUT2D eigenvalue weighted by Crippen LogP contribution is -2.34. The third kappa shape index (κ3) is 3.06. The molecule has 6 nitrogen and oxygen atoms in total. The van der Waals surface area contributed by atoms with Gasteiger partial charge in [-0.2, -0.15) is 0 Å². The monoisotopic (exact) mass is 355 g/mol. The van der Waals surface area contributed by atoms with E-state index in [-0.39, 0.29) is 5.57 Å². The molecule has 0 aliphatic carbocycles. The Hall–Kier alpha value is -3.48. The van der Waals surface area contributed by atoms with Crippen LogP contribution < -0.4 is 0 Å². The van der Waals surface area contributed by atoms with Gasteiger partial charge in [0, 0.05) is 5.56 Å². The predicted molar refractivity (Wildman–Crippen MR) is 89.5 cm³/mol. The Labute approximate surface area is 147 Å². The average molecular weight is 355 g/mol. The van der Waals surface area contributed by atoms with Crippen molar-refractivity contribution < 1.29 is 29.0 Å². The Balaban J connectivity index is 2.19. The Morgan fingerprint density at radius 3 is 2.19 bits per heavy atom. The highest BCUT2D eigenvalue weighted by Gasteiger charge is 2.46. The van der Waals surface area contributed by atoms with Crippen LogP contribution in [-0.4, -0.2) is 39.3 Å². The summed E-state index contributed by atoms with van der Waals surface area (Å²) >= 11 is 0. The Bertz CT molecular complexity index is 905. The summed E-state index contributed by atoms with van der Waals surface area (Å²) in [5.41, 5.74) is 0.409. The molecular formula is C19H14FNO5. The molecule has 1 atom stereocenters. The SMILES string of the molecule is O=C(O)CN1C(=O)C(=O)/C(=C(/O)c2ccccc2)[C@H]1c1ccc(F)cc1. The van der Waals surface area contributed by atoms with Crippen LogP contribution in [0.5, 0.6) is 0 Å². The number of rotatable bonds is 4. The molecule has 1 aliphatic rings. The molecule has 0 radical (unpaired) electrons. The minimum Gasteiger partial charge on any atom is -0.507 e. The quantitative estimate of drug-likeness (QED) is 0.499. The predicted octanol–water partition coefficient (Wildman–Crippen LogP) is 2.33. The number of likely N-dealkylation sites (tertiary alicyclic amines) is 1. The second-order valence-corrected chi connectivity index (χ2v) is 5.74. The van der Waals surface area contributed by atoms with E-state index in [0.717, 1.165) is 17.0 Å². The van der Waals surface area contributed by atoms with Crippen LogP contribution in [0.3, 0.4) is 0 Å². The molecule has 0 aromatic heterocycles. The molecular weight excluding hydrogens is 341 g/mol. The number of aliphatic carboxylic acids is 1. The molecule has 0 saturated carbocycles. The number of nitrogens with zero attached hydrogens (tertiary/aromatic N) is 1. The standard InChI is InChI=1S/C19H14FNO5/c20-13-8-6-11(7-9-13)16-15(17(24)12-4-2-1-3-5-12)18(25)19(26)21(16)10-14(22)23/h1-9,16,24H,10H2,(H,22,23)/b17-15+/t16-/m1/s1. The second-order valence-electron chi connectivity index (χ2n) is 5.74. The number of benzene rings is 2. The lowest BCUT2D eigenvalue weighted by Gasteiger charge is -2.23. The molecule has 3 rings (SSSR count). The van der Waals surface area contributed by atoms with E-state index in [1.54, 1.807) is 30.3 Å². The van der Waals surface area contributed by atoms with Crippen LogP contribution in [0.4, 0.5) is 4.39 Å². The molecule has 0 unspecified atom stereocenters. The number of hydrogen-bond donors (Lipinski definition) is 2. The summed E-state index contributed by atoms with van der Waals surface area (Å²) in [4.78, 5) is 36.8. The summed E-state index contributed by atoms with van der Waals surface area (Å²) in [6.45, 7) is -0.724. The third-order valence-electron chi connectivity index (χ3n) is 4.08. The molecule has 1 saturated heterocycles. The van der Waals surface area contributed by atoms with Gasteiger partial charge in [-0.05, 0) is 17.7 Å². The molecule has 2 N–H and O–H groups in total. The van der Waals surface area contributed by atoms with Crippen LogP contribution in [-0.2, 0) is 14.4 Å². The fourth-order valence-corrected chi connectivity index (χ4v) is 2.93. The van der Waals surface area contributed by atoms with Gasteiger partial charge in [-0.15, -0.1) is 0 Å². The van der Waals surface area contributed by atoms with Crippen molar-refractivity contribution in [3.63, 3.8) is 0 Å². The first-order chi connectivity index (χ1) is 12.4. The average Bonchev–Trinajstić information content (AvgIpc) is 2.87. The third-order valence-corrected chi connectivity index (χ3v) is 4.08. The number of carboxylic acid groups (broad SMARTS) is 1. The topological polar surface area (TPSA) is 94.9 Å². The zero-order chi connectivity index (χ0) is 18.8. The van der Waals surface area contributed by atoms with E-state index < -0.39 is 41.8 Å². The summed E-state index contributed by atoms with van der Waals surface area (Å²) in [6, 6.07) is 12.0. The van der Waals surface area contributed by atoms with Gasteiger partial charge in [0.2, 0.25) is 0 Å². The van der Waals surface area contributed by atoms with Crippen LogP contribution in [0.25, 0.3) is 5.76 Å². The molecule has 1 amide bonds. The van der Waals surface area contributed by atoms with E-state index >= 15 is 0 Å². The van der Waals surface area contributed by atoms with Crippen LogP contribution in [0.15, 0.2) is 60.2 Å². The number of amides is 1. The van der Waals surface area contributed by atoms with E-state index in [1.807, 2.05) is 0 Å². The molecule has 1 fully saturated rings. The summed E-state index contributed by atoms with van der Waals surface area (Å²) in [5.74, 6) is -4.25. The summed E-state index contributed by atoms with van der Waals surface area (Å²) < 4.78 is 13.3. The zero-order valence-electron chi connectivity index (χ0n) is 13.4. The van der Waals surface area contributed by atoms with E-state index in [0.29, 0.717) is 11.1 Å². The molecule has 2 aromatic carbocycles. The number of Topliss-reactive ketones (excluding diaryl/α,β-unsaturated/α-hetero) is 1. The van der Waals surface area contributed by atoms with E-state index in [9.17, 15) is 23.9 Å². The van der Waals surface area contributed by atoms with Crippen LogP contribution in [0.2, 0.25) is 0 Å². The first kappa shape index (κ1) is 17.3. The van der Waals surface area contributed by atoms with Crippen molar-refractivity contribution in [2.75, 3.05) is 6.54 Å². The highest BCUT2D eigenvalue weighted by atomic mass is 19.1. The van der Waals surface area contributed by atoms with E-state index in [1.165, 1.54) is 12.1 Å². The van der Waals surface area contributed by atoms with Crippen molar-refractivity contribution >= 4 is 23.4 Å². The zero-order valence-corrected chi connectivity index (χ0v) is 13.4. The highest BCUT2D eigenvalue weighted by molar-refractivity contribution is 6.46. The van der Waals surface area contributed by atoms with Gasteiger partial charge in [0.05, 0.1) is 11.6 Å². The summed E-state index contributed by atoms with van der Waals surface area (Å²) in [6.07, 6.45) is 0. The van der Waals surface area contributed by atoms with Crippen LogP contribution in [0, 0.1) is 5.82 Å². The number of carbonyl (C=O) groups is 3. The van der Waals surface area contributed by atoms with Crippen molar-refractivity contribution in [2.45, 2.75) is 6.04 Å². The maximum absolute atomic E-state index is 13.3. The van der Waals surface area contributed by atoms with Gasteiger partial charge in [0.25, 0.3) is 11.7 Å². The fraction of sp³-hybridized carbons (Fsp3) is 0.105. The van der Waals surface area contributed by atoms with Crippen LogP contribution >= 0.6 is 0 Å². The number of ketones is 1. The van der Waals surface area contributed by atoms with Gasteiger partial charge in [0.1, 0.15) is 18.1 Å². The lowest BCUT2D eigenvalue weighted by molar-refractivity contribution is -0.146. The van der Waals surface area contributed by atoms with Crippen molar-refractivity contribution in [3.05, 3.63) is 77.1 Å². The van der Waals surface area contributed by atoms with E-state index in [4.69, 9.17) is 5.11 Å². The smallest absolute Gasteiger partial charge is 0.323 e. The molecule has 0 spiro atoms. The first-order valence-corrected chi connectivity index (χ1v) is 7.71. The minimum absolute atomic E-state index is 0.228. The Morgan fingerprint density at radius 1 is 1.00 bits per heavy atom. The number of aliphatic hydroxyl groups excluding tert-OH is 1. The molecule has 7 heteroatoms. The Morgan fingerprint density at radius 2 is 1.62 bits per heavy atom. The largest absolute Gasteiger partial charge is 0.507 e. The molecule has 26 heavy (non-hydrogen) atoms. The Kier molecular flexibility index (Phi) is 4.53. The summed E-state index contributed by atoms with van der Waals surface area (Å²) in [5, 5.41) is 19.7. The molecule has 2 aromatic rings. The molecule has 132 valence electrons. The molecule has 0 bridgehead atoms. The van der Waals surface area contributed by atoms with Gasteiger partial charge in [0.15, 0.2) is 0 Å². The number of hydrogen-bond acceptors (Lipinski definition) is 4. The lowest BCUT2D eigenvalue weighted by atomic mass is 9.95. The van der Waals surface area contributed by atoms with Crippen molar-refractivity contribution in [3.8, 4) is 0 Å². The first-order valence-electron chi connectivity index (χ1n) is 7.71. The van der Waals surface area contributed by atoms with Gasteiger partial charge in [-0.1, -0.05) is 42.5 Å². The fourth-order valence-electron chi connectivity index (χ4n) is 2.93. The number of carbonyl (C=O) groups excluding carboxylic acids is 2. The maximum Gasteiger partial charge on any atom is 0.323 e. The van der Waals surface area contributed by atoms with Crippen molar-refractivity contribution in [2.24, 2.45) is 0 Å². The van der Waals surface area contributed by atoms with Crippen molar-refractivity contribution in [1.82, 2.24) is 4.90 Å². The molecule has 1 aliphatic heterocycles. The normalized spacial score (nSPS) is 19.0. The van der Waals surface area contributed by atoms with Gasteiger partial charge >= 0.3 is 5.97 Å². The number of halogens is 1. The minimum atomic E-state index is -1.31. The highest BCUT2D eigenvalue weighted by Crippen LogP contribution is 2.39. The number of aliphatic hydroxyl groups is 1. The maximum atomic E-state index is 13.3. The van der Waals surface area contributed by atoms with Gasteiger partial charge in [-0.3, -0.25) is 14.4 Å². The second kappa shape index (κ2) is 6.79. The van der Waals surface area contributed by atoms with E-state index in [2.05, 4.69) is 0 Å². The van der Waals surface area contributed by atoms with Crippen LogP contribution in [0.1, 0.15) is 17.2 Å². The molecule has 1 heterocycles. The summed E-state index contributed by atoms with van der Waals surface area (Å²) in [7, 11) is 0. The number of carboxylic acids is 1.